The van der Waals surface area contributed by atoms with Crippen LogP contribution in [0, 0.1) is 11.8 Å². The molecular weight excluding hydrogens is 460 g/mol. The van der Waals surface area contributed by atoms with Crippen molar-refractivity contribution in [2.45, 2.75) is 64.7 Å². The molecule has 3 amide bonds. The summed E-state index contributed by atoms with van der Waals surface area (Å²) in [6, 6.07) is 2.20. The average Bonchev–Trinajstić information content (AvgIpc) is 2.75. The van der Waals surface area contributed by atoms with E-state index in [4.69, 9.17) is 5.73 Å². The summed E-state index contributed by atoms with van der Waals surface area (Å²) in [4.78, 5) is 49.6. The fourth-order valence-electron chi connectivity index (χ4n) is 3.19. The summed E-state index contributed by atoms with van der Waals surface area (Å²) in [5.41, 5.74) is 6.76. The number of carbonyl (C=O) groups excluding carboxylic acids is 3. The van der Waals surface area contributed by atoms with Crippen LogP contribution in [0.2, 0.25) is 0 Å². The highest BCUT2D eigenvalue weighted by molar-refractivity contribution is 7.80. The first-order valence-electron chi connectivity index (χ1n) is 11.1. The first-order chi connectivity index (χ1) is 15.8. The van der Waals surface area contributed by atoms with Gasteiger partial charge in [-0.25, -0.2) is 4.79 Å². The Labute approximate surface area is 205 Å². The van der Waals surface area contributed by atoms with E-state index in [9.17, 15) is 29.4 Å². The van der Waals surface area contributed by atoms with Crippen LogP contribution in [0.4, 0.5) is 0 Å². The van der Waals surface area contributed by atoms with Crippen molar-refractivity contribution < 1.29 is 29.4 Å². The molecule has 0 fully saturated rings. The number of amides is 3. The summed E-state index contributed by atoms with van der Waals surface area (Å²) >= 11 is 4.11. The number of carbonyl (C=O) groups is 4. The highest BCUT2D eigenvalue weighted by Gasteiger charge is 2.31. The third-order valence-corrected chi connectivity index (χ3v) is 5.48. The monoisotopic (exact) mass is 496 g/mol. The van der Waals surface area contributed by atoms with Crippen LogP contribution in [0.25, 0.3) is 0 Å². The molecule has 34 heavy (non-hydrogen) atoms. The number of carboxylic acid groups (broad SMARTS) is 1. The summed E-state index contributed by atoms with van der Waals surface area (Å²) in [7, 11) is 0. The van der Waals surface area contributed by atoms with Gasteiger partial charge in [0.25, 0.3) is 0 Å². The normalized spacial score (nSPS) is 14.7. The van der Waals surface area contributed by atoms with E-state index in [-0.39, 0.29) is 29.8 Å². The number of phenols is 1. The van der Waals surface area contributed by atoms with Gasteiger partial charge in [0.15, 0.2) is 0 Å². The highest BCUT2D eigenvalue weighted by atomic mass is 32.1. The maximum Gasteiger partial charge on any atom is 0.326 e. The molecule has 0 aliphatic carbocycles. The molecule has 11 heteroatoms. The van der Waals surface area contributed by atoms with E-state index in [1.807, 2.05) is 13.8 Å². The lowest BCUT2D eigenvalue weighted by molar-refractivity contribution is -0.143. The number of hydrogen-bond donors (Lipinski definition) is 7. The quantitative estimate of drug-likeness (QED) is 0.194. The van der Waals surface area contributed by atoms with Crippen LogP contribution >= 0.6 is 12.6 Å². The highest BCUT2D eigenvalue weighted by Crippen LogP contribution is 2.12. The second kappa shape index (κ2) is 13.8. The van der Waals surface area contributed by atoms with Crippen molar-refractivity contribution in [1.82, 2.24) is 16.0 Å². The molecule has 4 unspecified atom stereocenters. The van der Waals surface area contributed by atoms with E-state index in [1.165, 1.54) is 12.1 Å². The Hall–Kier alpha value is -2.79. The van der Waals surface area contributed by atoms with Crippen molar-refractivity contribution in [3.8, 4) is 5.75 Å². The third kappa shape index (κ3) is 9.60. The fraction of sp³-hybridized carbons (Fsp3) is 0.565. The molecule has 10 nitrogen and oxygen atoms in total. The number of carboxylic acids is 1. The van der Waals surface area contributed by atoms with Gasteiger partial charge in [-0.15, -0.1) is 0 Å². The minimum absolute atomic E-state index is 0.0463. The summed E-state index contributed by atoms with van der Waals surface area (Å²) < 4.78 is 0. The molecule has 7 N–H and O–H groups in total. The Kier molecular flexibility index (Phi) is 11.9. The molecule has 0 aromatic heterocycles. The van der Waals surface area contributed by atoms with Crippen molar-refractivity contribution in [3.05, 3.63) is 29.8 Å². The Balaban J connectivity index is 2.85. The van der Waals surface area contributed by atoms with Crippen molar-refractivity contribution in [3.63, 3.8) is 0 Å². The van der Waals surface area contributed by atoms with Crippen LogP contribution in [-0.4, -0.2) is 63.8 Å². The van der Waals surface area contributed by atoms with Crippen LogP contribution in [0.5, 0.6) is 5.75 Å². The molecule has 0 saturated heterocycles. The first kappa shape index (κ1) is 29.2. The molecule has 190 valence electrons. The lowest BCUT2D eigenvalue weighted by Gasteiger charge is -2.26. The van der Waals surface area contributed by atoms with E-state index in [0.717, 1.165) is 5.56 Å². The van der Waals surface area contributed by atoms with Gasteiger partial charge in [-0.1, -0.05) is 39.8 Å². The van der Waals surface area contributed by atoms with E-state index in [2.05, 4.69) is 28.6 Å². The van der Waals surface area contributed by atoms with Crippen molar-refractivity contribution in [2.75, 3.05) is 5.75 Å². The lowest BCUT2D eigenvalue weighted by Crippen LogP contribution is -2.58. The number of hydrogen-bond acceptors (Lipinski definition) is 7. The van der Waals surface area contributed by atoms with E-state index in [0.29, 0.717) is 6.42 Å². The van der Waals surface area contributed by atoms with Gasteiger partial charge in [-0.05, 0) is 42.4 Å². The topological polar surface area (TPSA) is 171 Å². The van der Waals surface area contributed by atoms with Gasteiger partial charge in [0, 0.05) is 5.75 Å². The number of phenolic OH excluding ortho intramolecular Hbond substituents is 1. The standard InChI is InChI=1S/C23H36N4O6S/c1-12(2)9-17(25-20(29)16(24)10-14-5-7-15(28)8-6-14)21(30)26-18(11-34)22(31)27-19(13(3)4)23(32)33/h5-8,12-13,16-19,28,34H,9-11,24H2,1-4H3,(H,25,29)(H,26,30)(H,27,31)(H,32,33). The molecule has 0 saturated carbocycles. The average molecular weight is 497 g/mol. The van der Waals surface area contributed by atoms with Gasteiger partial charge >= 0.3 is 5.97 Å². The molecule has 0 aliphatic heterocycles. The molecule has 0 aliphatic rings. The number of rotatable bonds is 13. The Morgan fingerprint density at radius 1 is 0.912 bits per heavy atom. The molecular formula is C23H36N4O6S. The summed E-state index contributed by atoms with van der Waals surface area (Å²) in [5, 5.41) is 26.3. The zero-order valence-electron chi connectivity index (χ0n) is 19.9. The number of thiol groups is 1. The molecule has 0 heterocycles. The number of nitrogens with two attached hydrogens (primary N) is 1. The lowest BCUT2D eigenvalue weighted by atomic mass is 10.0. The van der Waals surface area contributed by atoms with E-state index in [1.54, 1.807) is 26.0 Å². The molecule has 4 atom stereocenters. The van der Waals surface area contributed by atoms with Gasteiger partial charge in [-0.2, -0.15) is 12.6 Å². The van der Waals surface area contributed by atoms with Crippen molar-refractivity contribution in [1.29, 1.82) is 0 Å². The summed E-state index contributed by atoms with van der Waals surface area (Å²) in [6.07, 6.45) is 0.504. The summed E-state index contributed by atoms with van der Waals surface area (Å²) in [5.74, 6) is -3.27. The van der Waals surface area contributed by atoms with Gasteiger partial charge in [0.1, 0.15) is 23.9 Å². The largest absolute Gasteiger partial charge is 0.508 e. The van der Waals surface area contributed by atoms with Gasteiger partial charge in [0.05, 0.1) is 6.04 Å². The first-order valence-corrected chi connectivity index (χ1v) is 11.8. The fourth-order valence-corrected chi connectivity index (χ4v) is 3.45. The number of nitrogens with one attached hydrogen (secondary N) is 3. The van der Waals surface area contributed by atoms with E-state index >= 15 is 0 Å². The second-order valence-electron chi connectivity index (χ2n) is 8.98. The third-order valence-electron chi connectivity index (χ3n) is 5.11. The minimum atomic E-state index is -1.18. The Morgan fingerprint density at radius 2 is 1.44 bits per heavy atom. The van der Waals surface area contributed by atoms with Crippen LogP contribution in [0.1, 0.15) is 39.7 Å². The molecule has 0 bridgehead atoms. The van der Waals surface area contributed by atoms with Crippen molar-refractivity contribution in [2.24, 2.45) is 17.6 Å². The molecule has 1 aromatic rings. The summed E-state index contributed by atoms with van der Waals surface area (Å²) in [6.45, 7) is 7.07. The number of aliphatic carboxylic acids is 1. The SMILES string of the molecule is CC(C)CC(NC(=O)C(N)Cc1ccc(O)cc1)C(=O)NC(CS)C(=O)NC(C(=O)O)C(C)C. The molecule has 0 spiro atoms. The predicted octanol–water partition coefficient (Wildman–Crippen LogP) is 0.433. The second-order valence-corrected chi connectivity index (χ2v) is 9.35. The maximum absolute atomic E-state index is 12.9. The van der Waals surface area contributed by atoms with Crippen LogP contribution < -0.4 is 21.7 Å². The number of aromatic hydroxyl groups is 1. The van der Waals surface area contributed by atoms with Crippen LogP contribution in [0.3, 0.4) is 0 Å². The number of benzene rings is 1. The van der Waals surface area contributed by atoms with Crippen LogP contribution in [0.15, 0.2) is 24.3 Å². The van der Waals surface area contributed by atoms with Crippen LogP contribution in [-0.2, 0) is 25.6 Å². The van der Waals surface area contributed by atoms with Crippen molar-refractivity contribution >= 4 is 36.3 Å². The predicted molar refractivity (Wildman–Crippen MR) is 131 cm³/mol. The molecule has 1 aromatic carbocycles. The van der Waals surface area contributed by atoms with E-state index < -0.39 is 47.9 Å². The van der Waals surface area contributed by atoms with Gasteiger partial charge < -0.3 is 31.9 Å². The van der Waals surface area contributed by atoms with Gasteiger partial charge in [0.2, 0.25) is 17.7 Å². The zero-order chi connectivity index (χ0) is 26.0. The zero-order valence-corrected chi connectivity index (χ0v) is 20.8. The Morgan fingerprint density at radius 3 is 1.91 bits per heavy atom. The molecule has 0 radical (unpaired) electrons. The smallest absolute Gasteiger partial charge is 0.326 e. The Bertz CT molecular complexity index is 846. The van der Waals surface area contributed by atoms with Gasteiger partial charge in [-0.3, -0.25) is 14.4 Å². The molecule has 1 rings (SSSR count). The maximum atomic E-state index is 12.9. The minimum Gasteiger partial charge on any atom is -0.508 e.